The summed E-state index contributed by atoms with van der Waals surface area (Å²) in [4.78, 5) is 46.6. The van der Waals surface area contributed by atoms with Gasteiger partial charge in [-0.2, -0.15) is 0 Å². The molecule has 10 heteroatoms. The van der Waals surface area contributed by atoms with Gasteiger partial charge in [-0.1, -0.05) is 17.7 Å². The molecule has 1 aromatic carbocycles. The van der Waals surface area contributed by atoms with Crippen LogP contribution in [0.4, 0.5) is 0 Å². The smallest absolute Gasteiger partial charge is 0.303 e. The molecule has 0 saturated carbocycles. The molecule has 1 heterocycles. The molecule has 0 amide bonds. The van der Waals surface area contributed by atoms with Crippen LogP contribution in [-0.2, 0) is 42.9 Å². The molecular formula is C21H26O10. The van der Waals surface area contributed by atoms with Crippen molar-refractivity contribution in [2.24, 2.45) is 0 Å². The molecule has 0 spiro atoms. The van der Waals surface area contributed by atoms with Gasteiger partial charge in [-0.05, 0) is 19.1 Å². The van der Waals surface area contributed by atoms with Crippen LogP contribution in [0.3, 0.4) is 0 Å². The molecule has 31 heavy (non-hydrogen) atoms. The number of esters is 4. The van der Waals surface area contributed by atoms with E-state index in [0.29, 0.717) is 5.75 Å². The molecule has 0 N–H and O–H groups in total. The third-order valence-electron chi connectivity index (χ3n) is 4.22. The molecule has 1 aromatic rings. The van der Waals surface area contributed by atoms with Gasteiger partial charge in [0, 0.05) is 27.7 Å². The molecule has 1 fully saturated rings. The Labute approximate surface area is 179 Å². The van der Waals surface area contributed by atoms with Gasteiger partial charge in [0.15, 0.2) is 12.2 Å². The maximum atomic E-state index is 11.8. The van der Waals surface area contributed by atoms with E-state index < -0.39 is 54.6 Å². The van der Waals surface area contributed by atoms with E-state index in [-0.39, 0.29) is 6.61 Å². The van der Waals surface area contributed by atoms with Gasteiger partial charge in [0.2, 0.25) is 12.4 Å². The lowest BCUT2D eigenvalue weighted by atomic mass is 9.98. The van der Waals surface area contributed by atoms with Gasteiger partial charge in [0.25, 0.3) is 0 Å². The molecule has 0 aromatic heterocycles. The van der Waals surface area contributed by atoms with Crippen molar-refractivity contribution in [1.29, 1.82) is 0 Å². The SMILES string of the molecule is CC(=O)OC[C@@H]1O[C@H](Oc2ccc(C)cc2)[C@@H](OC(C)=O)[C@H](OC(C)=O)[C@H]1OC(C)=O. The topological polar surface area (TPSA) is 124 Å². The number of benzene rings is 1. The first-order valence-electron chi connectivity index (χ1n) is 9.60. The second kappa shape index (κ2) is 10.8. The Morgan fingerprint density at radius 1 is 0.774 bits per heavy atom. The van der Waals surface area contributed by atoms with Crippen LogP contribution in [0.2, 0.25) is 0 Å². The van der Waals surface area contributed by atoms with Crippen molar-refractivity contribution in [1.82, 2.24) is 0 Å². The Hall–Kier alpha value is -3.14. The third-order valence-corrected chi connectivity index (χ3v) is 4.22. The van der Waals surface area contributed by atoms with Gasteiger partial charge in [-0.25, -0.2) is 0 Å². The van der Waals surface area contributed by atoms with Gasteiger partial charge >= 0.3 is 23.9 Å². The Balaban J connectivity index is 2.43. The molecule has 5 atom stereocenters. The first-order valence-corrected chi connectivity index (χ1v) is 9.60. The maximum absolute atomic E-state index is 11.8. The number of rotatable bonds is 7. The van der Waals surface area contributed by atoms with Crippen molar-refractivity contribution < 1.29 is 47.6 Å². The zero-order valence-electron chi connectivity index (χ0n) is 18.0. The van der Waals surface area contributed by atoms with Crippen LogP contribution in [0.1, 0.15) is 33.3 Å². The summed E-state index contributed by atoms with van der Waals surface area (Å²) < 4.78 is 32.7. The molecular weight excluding hydrogens is 412 g/mol. The molecule has 2 rings (SSSR count). The van der Waals surface area contributed by atoms with Crippen LogP contribution in [-0.4, -0.2) is 61.2 Å². The summed E-state index contributed by atoms with van der Waals surface area (Å²) >= 11 is 0. The highest BCUT2D eigenvalue weighted by molar-refractivity contribution is 5.68. The molecule has 1 aliphatic rings. The largest absolute Gasteiger partial charge is 0.463 e. The predicted molar refractivity (Wildman–Crippen MR) is 104 cm³/mol. The van der Waals surface area contributed by atoms with Crippen LogP contribution in [0.5, 0.6) is 5.75 Å². The molecule has 0 radical (unpaired) electrons. The molecule has 170 valence electrons. The lowest BCUT2D eigenvalue weighted by Crippen LogP contribution is -2.63. The first-order chi connectivity index (χ1) is 14.6. The van der Waals surface area contributed by atoms with Gasteiger partial charge in [0.1, 0.15) is 18.5 Å². The maximum Gasteiger partial charge on any atom is 0.303 e. The van der Waals surface area contributed by atoms with Crippen molar-refractivity contribution in [3.05, 3.63) is 29.8 Å². The van der Waals surface area contributed by atoms with E-state index in [9.17, 15) is 19.2 Å². The Kier molecular flexibility index (Phi) is 8.38. The van der Waals surface area contributed by atoms with Crippen LogP contribution < -0.4 is 4.74 Å². The number of carbonyl (C=O) groups excluding carboxylic acids is 4. The standard InChI is InChI=1S/C21H26O10/c1-11-6-8-16(9-7-11)30-21-20(29-15(5)25)19(28-14(4)24)18(27-13(3)23)17(31-21)10-26-12(2)22/h6-9,17-21H,10H2,1-5H3/t17-,18-,19+,20-,21-/m0/s1. The molecule has 0 aliphatic carbocycles. The summed E-state index contributed by atoms with van der Waals surface area (Å²) in [6, 6.07) is 6.98. The average Bonchev–Trinajstić information content (AvgIpc) is 2.65. The van der Waals surface area contributed by atoms with Crippen molar-refractivity contribution in [2.45, 2.75) is 65.3 Å². The minimum absolute atomic E-state index is 0.314. The van der Waals surface area contributed by atoms with E-state index in [0.717, 1.165) is 19.4 Å². The highest BCUT2D eigenvalue weighted by Gasteiger charge is 2.53. The normalized spacial score (nSPS) is 25.1. The van der Waals surface area contributed by atoms with Gasteiger partial charge < -0.3 is 28.4 Å². The zero-order valence-corrected chi connectivity index (χ0v) is 18.0. The van der Waals surface area contributed by atoms with E-state index in [1.54, 1.807) is 24.3 Å². The first kappa shape index (κ1) is 24.1. The number of hydrogen-bond acceptors (Lipinski definition) is 10. The summed E-state index contributed by atoms with van der Waals surface area (Å²) in [5.41, 5.74) is 0.994. The lowest BCUT2D eigenvalue weighted by Gasteiger charge is -2.43. The van der Waals surface area contributed by atoms with E-state index in [1.165, 1.54) is 13.8 Å². The van der Waals surface area contributed by atoms with Gasteiger partial charge in [0.05, 0.1) is 0 Å². The summed E-state index contributed by atoms with van der Waals surface area (Å²) in [5.74, 6) is -2.29. The van der Waals surface area contributed by atoms with E-state index in [1.807, 2.05) is 6.92 Å². The summed E-state index contributed by atoms with van der Waals surface area (Å²) in [6.07, 6.45) is -6.05. The quantitative estimate of drug-likeness (QED) is 0.456. The van der Waals surface area contributed by atoms with Crippen molar-refractivity contribution in [2.75, 3.05) is 6.61 Å². The Morgan fingerprint density at radius 3 is 1.81 bits per heavy atom. The Morgan fingerprint density at radius 2 is 1.29 bits per heavy atom. The fourth-order valence-electron chi connectivity index (χ4n) is 3.03. The minimum atomic E-state index is -1.27. The van der Waals surface area contributed by atoms with Crippen LogP contribution in [0.15, 0.2) is 24.3 Å². The zero-order chi connectivity index (χ0) is 23.1. The number of ether oxygens (including phenoxy) is 6. The summed E-state index contributed by atoms with van der Waals surface area (Å²) in [6.45, 7) is 6.27. The summed E-state index contributed by atoms with van der Waals surface area (Å²) in [5, 5.41) is 0. The number of hydrogen-bond donors (Lipinski definition) is 0. The van der Waals surface area contributed by atoms with Crippen LogP contribution >= 0.6 is 0 Å². The molecule has 1 aliphatic heterocycles. The second-order valence-electron chi connectivity index (χ2n) is 7.00. The molecule has 0 unspecified atom stereocenters. The number of carbonyl (C=O) groups is 4. The fourth-order valence-corrected chi connectivity index (χ4v) is 3.03. The lowest BCUT2D eigenvalue weighted by molar-refractivity contribution is -0.288. The average molecular weight is 438 g/mol. The fraction of sp³-hybridized carbons (Fsp3) is 0.524. The van der Waals surface area contributed by atoms with E-state index in [4.69, 9.17) is 28.4 Å². The van der Waals surface area contributed by atoms with Crippen molar-refractivity contribution in [3.8, 4) is 5.75 Å². The molecule has 0 bridgehead atoms. The summed E-state index contributed by atoms with van der Waals surface area (Å²) in [7, 11) is 0. The molecule has 1 saturated heterocycles. The van der Waals surface area contributed by atoms with Gasteiger partial charge in [-0.15, -0.1) is 0 Å². The second-order valence-corrected chi connectivity index (χ2v) is 7.00. The van der Waals surface area contributed by atoms with Crippen LogP contribution in [0, 0.1) is 6.92 Å². The van der Waals surface area contributed by atoms with Crippen LogP contribution in [0.25, 0.3) is 0 Å². The van der Waals surface area contributed by atoms with Gasteiger partial charge in [-0.3, -0.25) is 19.2 Å². The molecule has 10 nitrogen and oxygen atoms in total. The Bertz CT molecular complexity index is 803. The van der Waals surface area contributed by atoms with Crippen molar-refractivity contribution >= 4 is 23.9 Å². The van der Waals surface area contributed by atoms with E-state index in [2.05, 4.69) is 0 Å². The van der Waals surface area contributed by atoms with Crippen molar-refractivity contribution in [3.63, 3.8) is 0 Å². The van der Waals surface area contributed by atoms with E-state index >= 15 is 0 Å². The third kappa shape index (κ3) is 7.25. The highest BCUT2D eigenvalue weighted by Crippen LogP contribution is 2.31. The monoisotopic (exact) mass is 438 g/mol. The minimum Gasteiger partial charge on any atom is -0.463 e. The number of aryl methyl sites for hydroxylation is 1. The predicted octanol–water partition coefficient (Wildman–Crippen LogP) is 1.46. The highest BCUT2D eigenvalue weighted by atomic mass is 16.7.